The fourth-order valence-electron chi connectivity index (χ4n) is 1.78. The van der Waals surface area contributed by atoms with Gasteiger partial charge in [0.15, 0.2) is 0 Å². The van der Waals surface area contributed by atoms with Crippen LogP contribution in [-0.4, -0.2) is 21.5 Å². The van der Waals surface area contributed by atoms with E-state index >= 15 is 0 Å². The van der Waals surface area contributed by atoms with Gasteiger partial charge in [0.25, 0.3) is 0 Å². The Morgan fingerprint density at radius 3 is 2.35 bits per heavy atom. The summed E-state index contributed by atoms with van der Waals surface area (Å²) in [4.78, 5) is 13.0. The minimum Gasteiger partial charge on any atom is -0.370 e. The molecular formula is C15H21N5. The summed E-state index contributed by atoms with van der Waals surface area (Å²) in [5.74, 6) is 2.59. The lowest BCUT2D eigenvalue weighted by Gasteiger charge is -2.10. The van der Waals surface area contributed by atoms with Gasteiger partial charge in [-0.15, -0.1) is 0 Å². The van der Waals surface area contributed by atoms with Gasteiger partial charge >= 0.3 is 0 Å². The van der Waals surface area contributed by atoms with Gasteiger partial charge in [-0.05, 0) is 24.1 Å². The lowest BCUT2D eigenvalue weighted by atomic mass is 10.3. The molecule has 2 N–H and O–H groups in total. The van der Waals surface area contributed by atoms with Gasteiger partial charge in [-0.3, -0.25) is 4.98 Å². The molecule has 0 amide bonds. The molecule has 0 fully saturated rings. The quantitative estimate of drug-likeness (QED) is 0.810. The first kappa shape index (κ1) is 14.2. The minimum atomic E-state index is 0.732. The van der Waals surface area contributed by atoms with Crippen LogP contribution in [0.25, 0.3) is 0 Å². The van der Waals surface area contributed by atoms with E-state index in [-0.39, 0.29) is 0 Å². The molecule has 0 saturated heterocycles. The van der Waals surface area contributed by atoms with E-state index in [1.165, 1.54) is 5.56 Å². The molecule has 0 unspecified atom stereocenters. The molecule has 5 nitrogen and oxygen atoms in total. The Hall–Kier alpha value is -2.17. The summed E-state index contributed by atoms with van der Waals surface area (Å²) >= 11 is 0. The van der Waals surface area contributed by atoms with Gasteiger partial charge in [-0.2, -0.15) is 0 Å². The van der Waals surface area contributed by atoms with Gasteiger partial charge in [0.1, 0.15) is 17.5 Å². The van der Waals surface area contributed by atoms with E-state index in [1.807, 2.05) is 18.2 Å². The number of pyridine rings is 1. The third-order valence-corrected chi connectivity index (χ3v) is 2.87. The highest BCUT2D eigenvalue weighted by Gasteiger charge is 2.03. The van der Waals surface area contributed by atoms with Crippen LogP contribution >= 0.6 is 0 Å². The zero-order valence-corrected chi connectivity index (χ0v) is 12.1. The number of rotatable bonds is 7. The normalized spacial score (nSPS) is 10.3. The smallest absolute Gasteiger partial charge is 0.132 e. The molecule has 2 rings (SSSR count). The Kier molecular flexibility index (Phi) is 5.29. The largest absolute Gasteiger partial charge is 0.370 e. The monoisotopic (exact) mass is 271 g/mol. The summed E-state index contributed by atoms with van der Waals surface area (Å²) < 4.78 is 0. The van der Waals surface area contributed by atoms with Crippen LogP contribution in [0.2, 0.25) is 0 Å². The van der Waals surface area contributed by atoms with Crippen LogP contribution in [0.1, 0.15) is 31.7 Å². The second kappa shape index (κ2) is 7.43. The molecule has 2 aromatic rings. The highest BCUT2D eigenvalue weighted by atomic mass is 15.1. The Morgan fingerprint density at radius 1 is 1.00 bits per heavy atom. The SMILES string of the molecule is CCCNc1cc(NCc2ccncc2)nc(CC)n1. The first-order valence-corrected chi connectivity index (χ1v) is 7.06. The average molecular weight is 271 g/mol. The molecule has 0 aliphatic heterocycles. The zero-order valence-electron chi connectivity index (χ0n) is 12.1. The molecule has 20 heavy (non-hydrogen) atoms. The zero-order chi connectivity index (χ0) is 14.2. The number of aromatic nitrogens is 3. The summed E-state index contributed by atoms with van der Waals surface area (Å²) in [6.07, 6.45) is 5.49. The number of hydrogen-bond acceptors (Lipinski definition) is 5. The maximum atomic E-state index is 4.50. The van der Waals surface area contributed by atoms with Gasteiger partial charge in [0, 0.05) is 38.0 Å². The van der Waals surface area contributed by atoms with Crippen molar-refractivity contribution in [3.8, 4) is 0 Å². The van der Waals surface area contributed by atoms with Crippen LogP contribution in [0.4, 0.5) is 11.6 Å². The molecule has 0 spiro atoms. The van der Waals surface area contributed by atoms with E-state index in [0.717, 1.165) is 43.4 Å². The second-order valence-electron chi connectivity index (χ2n) is 4.54. The maximum Gasteiger partial charge on any atom is 0.132 e. The van der Waals surface area contributed by atoms with Gasteiger partial charge in [0.05, 0.1) is 0 Å². The third kappa shape index (κ3) is 4.19. The van der Waals surface area contributed by atoms with Crippen molar-refractivity contribution in [2.24, 2.45) is 0 Å². The Bertz CT molecular complexity index is 527. The first-order valence-electron chi connectivity index (χ1n) is 7.06. The van der Waals surface area contributed by atoms with E-state index in [9.17, 15) is 0 Å². The number of anilines is 2. The van der Waals surface area contributed by atoms with Crippen molar-refractivity contribution in [3.05, 3.63) is 42.0 Å². The van der Waals surface area contributed by atoms with Crippen LogP contribution in [0, 0.1) is 0 Å². The first-order chi connectivity index (χ1) is 9.81. The molecule has 0 saturated carbocycles. The molecule has 2 aromatic heterocycles. The standard InChI is InChI=1S/C15H21N5/c1-3-7-17-14-10-15(20-13(4-2)19-14)18-11-12-5-8-16-9-6-12/h5-6,8-10H,3-4,7,11H2,1-2H3,(H2,17,18,19,20). The van der Waals surface area contributed by atoms with Crippen LogP contribution in [0.5, 0.6) is 0 Å². The Morgan fingerprint density at radius 2 is 1.70 bits per heavy atom. The molecule has 0 aliphatic rings. The van der Waals surface area contributed by atoms with Crippen molar-refractivity contribution in [3.63, 3.8) is 0 Å². The lowest BCUT2D eigenvalue weighted by Crippen LogP contribution is -2.08. The summed E-state index contributed by atoms with van der Waals surface area (Å²) in [7, 11) is 0. The molecule has 0 radical (unpaired) electrons. The lowest BCUT2D eigenvalue weighted by molar-refractivity contribution is 0.913. The summed E-state index contributed by atoms with van der Waals surface area (Å²) in [6.45, 7) is 5.85. The van der Waals surface area contributed by atoms with Crippen molar-refractivity contribution in [1.29, 1.82) is 0 Å². The predicted octanol–water partition coefficient (Wildman–Crippen LogP) is 2.87. The van der Waals surface area contributed by atoms with Gasteiger partial charge < -0.3 is 10.6 Å². The Labute approximate surface area is 119 Å². The molecule has 0 atom stereocenters. The van der Waals surface area contributed by atoms with E-state index in [1.54, 1.807) is 12.4 Å². The minimum absolute atomic E-state index is 0.732. The molecule has 0 aliphatic carbocycles. The van der Waals surface area contributed by atoms with Crippen LogP contribution in [-0.2, 0) is 13.0 Å². The molecule has 0 aromatic carbocycles. The van der Waals surface area contributed by atoms with Gasteiger partial charge in [-0.25, -0.2) is 9.97 Å². The second-order valence-corrected chi connectivity index (χ2v) is 4.54. The summed E-state index contributed by atoms with van der Waals surface area (Å²) in [5, 5.41) is 6.64. The fraction of sp³-hybridized carbons (Fsp3) is 0.400. The van der Waals surface area contributed by atoms with Crippen LogP contribution < -0.4 is 10.6 Å². The highest BCUT2D eigenvalue weighted by molar-refractivity contribution is 5.47. The van der Waals surface area contributed by atoms with Crippen LogP contribution in [0.3, 0.4) is 0 Å². The van der Waals surface area contributed by atoms with Gasteiger partial charge in [-0.1, -0.05) is 13.8 Å². The third-order valence-electron chi connectivity index (χ3n) is 2.87. The number of aryl methyl sites for hydroxylation is 1. The molecule has 0 bridgehead atoms. The van der Waals surface area contributed by atoms with E-state index in [0.29, 0.717) is 0 Å². The number of nitrogens with zero attached hydrogens (tertiary/aromatic N) is 3. The average Bonchev–Trinajstić information content (AvgIpc) is 2.51. The molecule has 106 valence electrons. The molecule has 2 heterocycles. The van der Waals surface area contributed by atoms with Gasteiger partial charge in [0.2, 0.25) is 0 Å². The topological polar surface area (TPSA) is 62.7 Å². The fourth-order valence-corrected chi connectivity index (χ4v) is 1.78. The number of nitrogens with one attached hydrogen (secondary N) is 2. The molecular weight excluding hydrogens is 250 g/mol. The van der Waals surface area contributed by atoms with E-state index in [4.69, 9.17) is 0 Å². The van der Waals surface area contributed by atoms with E-state index < -0.39 is 0 Å². The predicted molar refractivity (Wildman–Crippen MR) is 81.8 cm³/mol. The van der Waals surface area contributed by atoms with Crippen molar-refractivity contribution in [2.75, 3.05) is 17.2 Å². The van der Waals surface area contributed by atoms with Crippen LogP contribution in [0.15, 0.2) is 30.6 Å². The van der Waals surface area contributed by atoms with Crippen molar-refractivity contribution < 1.29 is 0 Å². The van der Waals surface area contributed by atoms with Crippen molar-refractivity contribution in [2.45, 2.75) is 33.2 Å². The van der Waals surface area contributed by atoms with Crippen molar-refractivity contribution >= 4 is 11.6 Å². The maximum absolute atomic E-state index is 4.50. The Balaban J connectivity index is 2.06. The summed E-state index contributed by atoms with van der Waals surface area (Å²) in [5.41, 5.74) is 1.18. The molecule has 5 heteroatoms. The van der Waals surface area contributed by atoms with E-state index in [2.05, 4.69) is 39.4 Å². The number of hydrogen-bond donors (Lipinski definition) is 2. The van der Waals surface area contributed by atoms with Crippen molar-refractivity contribution in [1.82, 2.24) is 15.0 Å². The summed E-state index contributed by atoms with van der Waals surface area (Å²) in [6, 6.07) is 5.94. The highest BCUT2D eigenvalue weighted by Crippen LogP contribution is 2.13.